The molecule has 6 nitrogen and oxygen atoms in total. The van der Waals surface area contributed by atoms with Gasteiger partial charge >= 0.3 is 5.97 Å². The van der Waals surface area contributed by atoms with Crippen LogP contribution in [0.3, 0.4) is 0 Å². The summed E-state index contributed by atoms with van der Waals surface area (Å²) in [6.45, 7) is 1.83. The van der Waals surface area contributed by atoms with E-state index in [1.807, 2.05) is 61.5 Å². The zero-order valence-corrected chi connectivity index (χ0v) is 17.9. The Bertz CT molecular complexity index is 1450. The highest BCUT2D eigenvalue weighted by atomic mass is 16.5. The van der Waals surface area contributed by atoms with Gasteiger partial charge in [0.2, 0.25) is 5.88 Å². The lowest BCUT2D eigenvalue weighted by Crippen LogP contribution is -2.21. The summed E-state index contributed by atoms with van der Waals surface area (Å²) in [6.07, 6.45) is 0.133. The highest BCUT2D eigenvalue weighted by molar-refractivity contribution is 5.89. The molecule has 0 radical (unpaired) electrons. The monoisotopic (exact) mass is 436 g/mol. The van der Waals surface area contributed by atoms with E-state index in [-0.39, 0.29) is 23.8 Å². The molecule has 0 saturated carbocycles. The maximum absolute atomic E-state index is 12.7. The van der Waals surface area contributed by atoms with Crippen molar-refractivity contribution >= 4 is 16.7 Å². The Morgan fingerprint density at radius 3 is 2.70 bits per heavy atom. The fraction of sp³-hybridized carbons (Fsp3) is 0.111. The molecular weight excluding hydrogens is 416 g/mol. The Hall–Kier alpha value is -4.50. The lowest BCUT2D eigenvalue weighted by Gasteiger charge is -2.25. The van der Waals surface area contributed by atoms with Gasteiger partial charge in [0.05, 0.1) is 12.3 Å². The Labute approximate surface area is 190 Å². The van der Waals surface area contributed by atoms with E-state index in [4.69, 9.17) is 19.6 Å². The molecule has 1 atom stereocenters. The molecular formula is C27H20N2O4. The zero-order chi connectivity index (χ0) is 22.9. The fourth-order valence-electron chi connectivity index (χ4n) is 4.17. The van der Waals surface area contributed by atoms with Crippen molar-refractivity contribution in [2.75, 3.05) is 0 Å². The average molecular weight is 436 g/mol. The highest BCUT2D eigenvalue weighted by Crippen LogP contribution is 2.43. The third-order valence-corrected chi connectivity index (χ3v) is 5.68. The lowest BCUT2D eigenvalue weighted by molar-refractivity contribution is -0.133. The summed E-state index contributed by atoms with van der Waals surface area (Å²) >= 11 is 0. The standard InChI is InChI=1S/C27H20N2O4/c1-16-9-12-23(31-16)26-21-11-10-19(14-24(21)33-27(29)22(26)15-28)32-25(30)13-18-7-4-6-17-5-2-3-8-20(17)18/h2-12,14,26H,13,29H2,1H3. The van der Waals surface area contributed by atoms with Crippen LogP contribution in [0.5, 0.6) is 11.5 Å². The van der Waals surface area contributed by atoms with Crippen LogP contribution in [0.1, 0.15) is 28.6 Å². The summed E-state index contributed by atoms with van der Waals surface area (Å²) in [7, 11) is 0. The number of hydrogen-bond donors (Lipinski definition) is 1. The molecule has 33 heavy (non-hydrogen) atoms. The van der Waals surface area contributed by atoms with Gasteiger partial charge in [0.15, 0.2) is 0 Å². The van der Waals surface area contributed by atoms with Crippen molar-refractivity contribution in [3.8, 4) is 17.6 Å². The first-order valence-electron chi connectivity index (χ1n) is 10.5. The van der Waals surface area contributed by atoms with Crippen LogP contribution < -0.4 is 15.2 Å². The molecule has 0 aliphatic carbocycles. The minimum atomic E-state index is -0.493. The van der Waals surface area contributed by atoms with Crippen LogP contribution >= 0.6 is 0 Å². The summed E-state index contributed by atoms with van der Waals surface area (Å²) in [5.74, 6) is 1.20. The maximum atomic E-state index is 12.7. The molecule has 0 fully saturated rings. The first-order chi connectivity index (χ1) is 16.0. The van der Waals surface area contributed by atoms with Crippen LogP contribution in [-0.2, 0) is 11.2 Å². The number of aryl methyl sites for hydroxylation is 1. The minimum absolute atomic E-state index is 0.00304. The molecule has 1 aliphatic rings. The molecule has 1 aliphatic heterocycles. The van der Waals surface area contributed by atoms with Crippen molar-refractivity contribution in [2.45, 2.75) is 19.3 Å². The van der Waals surface area contributed by atoms with Crippen molar-refractivity contribution < 1.29 is 18.7 Å². The molecule has 0 saturated heterocycles. The number of nitrogens with zero attached hydrogens (tertiary/aromatic N) is 1. The van der Waals surface area contributed by atoms with E-state index in [0.29, 0.717) is 22.8 Å². The van der Waals surface area contributed by atoms with E-state index in [2.05, 4.69) is 6.07 Å². The highest BCUT2D eigenvalue weighted by Gasteiger charge is 2.33. The Kier molecular flexibility index (Phi) is 5.08. The number of carbonyl (C=O) groups is 1. The molecule has 0 bridgehead atoms. The number of hydrogen-bond acceptors (Lipinski definition) is 6. The molecule has 1 unspecified atom stereocenters. The second-order valence-electron chi connectivity index (χ2n) is 7.86. The molecule has 162 valence electrons. The summed E-state index contributed by atoms with van der Waals surface area (Å²) in [5, 5.41) is 11.7. The van der Waals surface area contributed by atoms with Crippen LogP contribution in [0.15, 0.2) is 88.7 Å². The SMILES string of the molecule is Cc1ccc(C2C(C#N)=C(N)Oc3cc(OC(=O)Cc4cccc5ccccc45)ccc32)o1. The van der Waals surface area contributed by atoms with Gasteiger partial charge in [-0.1, -0.05) is 48.5 Å². The molecule has 2 N–H and O–H groups in total. The number of carbonyl (C=O) groups excluding carboxylic acids is 1. The van der Waals surface area contributed by atoms with Crippen LogP contribution in [0.25, 0.3) is 10.8 Å². The third-order valence-electron chi connectivity index (χ3n) is 5.68. The van der Waals surface area contributed by atoms with Gasteiger partial charge in [0.1, 0.15) is 34.7 Å². The zero-order valence-electron chi connectivity index (χ0n) is 17.9. The van der Waals surface area contributed by atoms with E-state index in [1.165, 1.54) is 0 Å². The normalized spacial score (nSPS) is 15.0. The summed E-state index contributed by atoms with van der Waals surface area (Å²) in [4.78, 5) is 12.7. The minimum Gasteiger partial charge on any atom is -0.465 e. The summed E-state index contributed by atoms with van der Waals surface area (Å²) in [5.41, 5.74) is 7.91. The number of furan rings is 1. The predicted octanol–water partition coefficient (Wildman–Crippen LogP) is 5.11. The van der Waals surface area contributed by atoms with Gasteiger partial charge in [-0.05, 0) is 41.5 Å². The number of allylic oxidation sites excluding steroid dienone is 1. The van der Waals surface area contributed by atoms with Gasteiger partial charge in [-0.3, -0.25) is 4.79 Å². The Morgan fingerprint density at radius 1 is 1.09 bits per heavy atom. The summed E-state index contributed by atoms with van der Waals surface area (Å²) in [6, 6.07) is 24.6. The van der Waals surface area contributed by atoms with E-state index in [0.717, 1.165) is 22.1 Å². The number of esters is 1. The Balaban J connectivity index is 1.42. The van der Waals surface area contributed by atoms with E-state index < -0.39 is 5.92 Å². The van der Waals surface area contributed by atoms with Crippen LogP contribution in [0, 0.1) is 18.3 Å². The first kappa shape index (κ1) is 20.4. The summed E-state index contributed by atoms with van der Waals surface area (Å²) < 4.78 is 17.1. The Morgan fingerprint density at radius 2 is 1.91 bits per heavy atom. The lowest BCUT2D eigenvalue weighted by atomic mass is 9.87. The fourth-order valence-corrected chi connectivity index (χ4v) is 4.17. The van der Waals surface area contributed by atoms with Crippen molar-refractivity contribution in [1.29, 1.82) is 5.26 Å². The number of ether oxygens (including phenoxy) is 2. The van der Waals surface area contributed by atoms with Gasteiger partial charge in [0.25, 0.3) is 0 Å². The number of benzene rings is 3. The van der Waals surface area contributed by atoms with E-state index in [1.54, 1.807) is 18.2 Å². The maximum Gasteiger partial charge on any atom is 0.315 e. The quantitative estimate of drug-likeness (QED) is 0.353. The largest absolute Gasteiger partial charge is 0.465 e. The van der Waals surface area contributed by atoms with Gasteiger partial charge in [-0.25, -0.2) is 0 Å². The second kappa shape index (κ2) is 8.21. The third kappa shape index (κ3) is 3.81. The second-order valence-corrected chi connectivity index (χ2v) is 7.86. The van der Waals surface area contributed by atoms with E-state index >= 15 is 0 Å². The van der Waals surface area contributed by atoms with E-state index in [9.17, 15) is 10.1 Å². The van der Waals surface area contributed by atoms with Crippen LogP contribution in [0.4, 0.5) is 0 Å². The van der Waals surface area contributed by atoms with Gasteiger partial charge in [-0.15, -0.1) is 0 Å². The predicted molar refractivity (Wildman–Crippen MR) is 122 cm³/mol. The topological polar surface area (TPSA) is 98.5 Å². The molecule has 3 aromatic carbocycles. The molecule has 1 aromatic heterocycles. The van der Waals surface area contributed by atoms with Crippen molar-refractivity contribution in [3.63, 3.8) is 0 Å². The number of fused-ring (bicyclic) bond motifs is 2. The molecule has 5 rings (SSSR count). The van der Waals surface area contributed by atoms with Crippen molar-refractivity contribution in [1.82, 2.24) is 0 Å². The van der Waals surface area contributed by atoms with Gasteiger partial charge in [-0.2, -0.15) is 5.26 Å². The first-order valence-corrected chi connectivity index (χ1v) is 10.5. The average Bonchev–Trinajstić information content (AvgIpc) is 3.24. The van der Waals surface area contributed by atoms with Crippen LogP contribution in [0.2, 0.25) is 0 Å². The molecule has 6 heteroatoms. The smallest absolute Gasteiger partial charge is 0.315 e. The number of rotatable bonds is 4. The van der Waals surface area contributed by atoms with Gasteiger partial charge < -0.3 is 19.6 Å². The number of nitriles is 1. The van der Waals surface area contributed by atoms with Crippen molar-refractivity contribution in [3.05, 3.63) is 107 Å². The molecule has 2 heterocycles. The van der Waals surface area contributed by atoms with Crippen molar-refractivity contribution in [2.24, 2.45) is 5.73 Å². The van der Waals surface area contributed by atoms with Gasteiger partial charge in [0, 0.05) is 11.6 Å². The number of nitrogens with two attached hydrogens (primary N) is 1. The molecule has 0 spiro atoms. The molecule has 4 aromatic rings. The molecule has 0 amide bonds. The van der Waals surface area contributed by atoms with Crippen LogP contribution in [-0.4, -0.2) is 5.97 Å².